The van der Waals surface area contributed by atoms with E-state index in [4.69, 9.17) is 5.73 Å². The molecule has 18 heavy (non-hydrogen) atoms. The van der Waals surface area contributed by atoms with E-state index in [2.05, 4.69) is 20.2 Å². The van der Waals surface area contributed by atoms with E-state index in [1.807, 2.05) is 27.0 Å². The molecule has 5 nitrogen and oxygen atoms in total. The highest BCUT2D eigenvalue weighted by Gasteiger charge is 2.21. The monoisotopic (exact) mass is 249 g/mol. The lowest BCUT2D eigenvalue weighted by atomic mass is 10.0. The summed E-state index contributed by atoms with van der Waals surface area (Å²) in [6.45, 7) is 4.98. The fraction of sp³-hybridized carbons (Fsp3) is 0.692. The van der Waals surface area contributed by atoms with Crippen molar-refractivity contribution in [3.05, 3.63) is 12.4 Å². The highest BCUT2D eigenvalue weighted by atomic mass is 15.2. The highest BCUT2D eigenvalue weighted by molar-refractivity contribution is 5.48. The van der Waals surface area contributed by atoms with Gasteiger partial charge in [0.2, 0.25) is 0 Å². The minimum absolute atomic E-state index is 0.142. The Morgan fingerprint density at radius 2 is 2.17 bits per heavy atom. The number of nitrogens with one attached hydrogen (secondary N) is 1. The Hall–Kier alpha value is -1.36. The third-order valence-corrected chi connectivity index (χ3v) is 3.06. The molecule has 1 aliphatic carbocycles. The third kappa shape index (κ3) is 4.14. The van der Waals surface area contributed by atoms with Gasteiger partial charge < -0.3 is 16.0 Å². The molecule has 0 aromatic carbocycles. The van der Waals surface area contributed by atoms with Crippen molar-refractivity contribution >= 4 is 11.6 Å². The number of nitrogens with zero attached hydrogens (tertiary/aromatic N) is 3. The largest absolute Gasteiger partial charge is 0.367 e. The SMILES string of the molecule is CN(CCC(C)(C)N)c1cc(NC2CC2)ncn1. The molecule has 0 spiro atoms. The van der Waals surface area contributed by atoms with Gasteiger partial charge in [0.15, 0.2) is 0 Å². The zero-order chi connectivity index (χ0) is 13.2. The van der Waals surface area contributed by atoms with Gasteiger partial charge >= 0.3 is 0 Å². The Morgan fingerprint density at radius 1 is 1.44 bits per heavy atom. The standard InChI is InChI=1S/C13H23N5/c1-13(2,14)6-7-18(3)12-8-11(15-9-16-12)17-10-4-5-10/h8-10H,4-7,14H2,1-3H3,(H,15,16,17). The van der Waals surface area contributed by atoms with Crippen molar-refractivity contribution in [3.63, 3.8) is 0 Å². The van der Waals surface area contributed by atoms with E-state index < -0.39 is 0 Å². The lowest BCUT2D eigenvalue weighted by molar-refractivity contribution is 0.478. The first-order valence-electron chi connectivity index (χ1n) is 6.53. The summed E-state index contributed by atoms with van der Waals surface area (Å²) in [7, 11) is 2.04. The molecule has 1 fully saturated rings. The Labute approximate surface area is 109 Å². The molecule has 1 aromatic rings. The Morgan fingerprint density at radius 3 is 2.78 bits per heavy atom. The summed E-state index contributed by atoms with van der Waals surface area (Å²) in [5.74, 6) is 1.86. The molecule has 1 aromatic heterocycles. The van der Waals surface area contributed by atoms with Crippen LogP contribution in [-0.4, -0.2) is 35.1 Å². The number of hydrogen-bond acceptors (Lipinski definition) is 5. The van der Waals surface area contributed by atoms with E-state index in [1.54, 1.807) is 6.33 Å². The van der Waals surface area contributed by atoms with Crippen LogP contribution in [-0.2, 0) is 0 Å². The fourth-order valence-corrected chi connectivity index (χ4v) is 1.64. The van der Waals surface area contributed by atoms with Crippen molar-refractivity contribution < 1.29 is 0 Å². The number of anilines is 2. The second-order valence-electron chi connectivity index (χ2n) is 5.84. The summed E-state index contributed by atoms with van der Waals surface area (Å²) in [4.78, 5) is 10.7. The molecule has 0 atom stereocenters. The lowest BCUT2D eigenvalue weighted by Crippen LogP contribution is -2.36. The molecule has 1 heterocycles. The highest BCUT2D eigenvalue weighted by Crippen LogP contribution is 2.24. The van der Waals surface area contributed by atoms with Crippen LogP contribution >= 0.6 is 0 Å². The van der Waals surface area contributed by atoms with Crippen molar-refractivity contribution in [1.29, 1.82) is 0 Å². The fourth-order valence-electron chi connectivity index (χ4n) is 1.64. The molecule has 2 rings (SSSR count). The van der Waals surface area contributed by atoms with Crippen LogP contribution in [0.2, 0.25) is 0 Å². The van der Waals surface area contributed by atoms with Crippen LogP contribution in [0.4, 0.5) is 11.6 Å². The van der Waals surface area contributed by atoms with Crippen LogP contribution < -0.4 is 16.0 Å². The second kappa shape index (κ2) is 5.10. The van der Waals surface area contributed by atoms with Crippen LogP contribution in [0.3, 0.4) is 0 Å². The summed E-state index contributed by atoms with van der Waals surface area (Å²) in [5, 5.41) is 3.38. The van der Waals surface area contributed by atoms with Crippen molar-refractivity contribution in [3.8, 4) is 0 Å². The van der Waals surface area contributed by atoms with Crippen LogP contribution in [0, 0.1) is 0 Å². The molecule has 0 saturated heterocycles. The summed E-state index contributed by atoms with van der Waals surface area (Å²) >= 11 is 0. The van der Waals surface area contributed by atoms with E-state index in [0.717, 1.165) is 24.6 Å². The maximum Gasteiger partial charge on any atom is 0.133 e. The molecule has 0 unspecified atom stereocenters. The van der Waals surface area contributed by atoms with Gasteiger partial charge in [0.25, 0.3) is 0 Å². The van der Waals surface area contributed by atoms with Gasteiger partial charge in [0.1, 0.15) is 18.0 Å². The molecule has 0 bridgehead atoms. The minimum Gasteiger partial charge on any atom is -0.367 e. The van der Waals surface area contributed by atoms with Gasteiger partial charge in [-0.05, 0) is 33.1 Å². The molecular formula is C13H23N5. The molecule has 3 N–H and O–H groups in total. The molecule has 100 valence electrons. The summed E-state index contributed by atoms with van der Waals surface area (Å²) in [6, 6.07) is 2.61. The normalized spacial score (nSPS) is 15.6. The summed E-state index contributed by atoms with van der Waals surface area (Å²) < 4.78 is 0. The van der Waals surface area contributed by atoms with E-state index in [1.165, 1.54) is 12.8 Å². The van der Waals surface area contributed by atoms with Gasteiger partial charge in [-0.3, -0.25) is 0 Å². The van der Waals surface area contributed by atoms with Crippen LogP contribution in [0.25, 0.3) is 0 Å². The minimum atomic E-state index is -0.142. The first kappa shape index (κ1) is 13.1. The molecule has 0 radical (unpaired) electrons. The van der Waals surface area contributed by atoms with Crippen molar-refractivity contribution in [2.24, 2.45) is 5.73 Å². The molecular weight excluding hydrogens is 226 g/mol. The number of hydrogen-bond donors (Lipinski definition) is 2. The average Bonchev–Trinajstić information content (AvgIpc) is 3.09. The van der Waals surface area contributed by atoms with Gasteiger partial charge in [-0.15, -0.1) is 0 Å². The van der Waals surface area contributed by atoms with Crippen molar-refractivity contribution in [2.45, 2.75) is 44.7 Å². The Bertz CT molecular complexity index is 395. The first-order chi connectivity index (χ1) is 8.44. The van der Waals surface area contributed by atoms with Crippen LogP contribution in [0.15, 0.2) is 12.4 Å². The van der Waals surface area contributed by atoms with Gasteiger partial charge in [-0.25, -0.2) is 9.97 Å². The van der Waals surface area contributed by atoms with Gasteiger partial charge in [0, 0.05) is 31.2 Å². The molecule has 1 saturated carbocycles. The maximum atomic E-state index is 5.99. The zero-order valence-electron chi connectivity index (χ0n) is 11.5. The van der Waals surface area contributed by atoms with E-state index >= 15 is 0 Å². The molecule has 0 aliphatic heterocycles. The van der Waals surface area contributed by atoms with Crippen LogP contribution in [0.1, 0.15) is 33.1 Å². The first-order valence-corrected chi connectivity index (χ1v) is 6.53. The molecule has 1 aliphatic rings. The summed E-state index contributed by atoms with van der Waals surface area (Å²) in [5.41, 5.74) is 5.85. The van der Waals surface area contributed by atoms with Gasteiger partial charge in [-0.2, -0.15) is 0 Å². The smallest absolute Gasteiger partial charge is 0.133 e. The van der Waals surface area contributed by atoms with Crippen molar-refractivity contribution in [1.82, 2.24) is 9.97 Å². The molecule has 5 heteroatoms. The van der Waals surface area contributed by atoms with Gasteiger partial charge in [-0.1, -0.05) is 0 Å². The number of aromatic nitrogens is 2. The second-order valence-corrected chi connectivity index (χ2v) is 5.84. The topological polar surface area (TPSA) is 67.1 Å². The number of nitrogens with two attached hydrogens (primary N) is 1. The zero-order valence-corrected chi connectivity index (χ0v) is 11.5. The maximum absolute atomic E-state index is 5.99. The Balaban J connectivity index is 1.93. The van der Waals surface area contributed by atoms with E-state index in [9.17, 15) is 0 Å². The van der Waals surface area contributed by atoms with Crippen LogP contribution in [0.5, 0.6) is 0 Å². The van der Waals surface area contributed by atoms with Crippen molar-refractivity contribution in [2.75, 3.05) is 23.8 Å². The quantitative estimate of drug-likeness (QED) is 0.802. The average molecular weight is 249 g/mol. The summed E-state index contributed by atoms with van der Waals surface area (Å²) in [6.07, 6.45) is 5.04. The van der Waals surface area contributed by atoms with Gasteiger partial charge in [0.05, 0.1) is 0 Å². The lowest BCUT2D eigenvalue weighted by Gasteiger charge is -2.24. The predicted molar refractivity (Wildman–Crippen MR) is 74.8 cm³/mol. The number of rotatable bonds is 6. The van der Waals surface area contributed by atoms with E-state index in [0.29, 0.717) is 6.04 Å². The third-order valence-electron chi connectivity index (χ3n) is 3.06. The van der Waals surface area contributed by atoms with E-state index in [-0.39, 0.29) is 5.54 Å². The predicted octanol–water partition coefficient (Wildman–Crippen LogP) is 1.61. The Kier molecular flexibility index (Phi) is 3.71. The molecule has 0 amide bonds.